The Bertz CT molecular complexity index is 127. The smallest absolute Gasteiger partial charge is 0.0346 e. The van der Waals surface area contributed by atoms with E-state index in [1.54, 1.807) is 0 Å². The first kappa shape index (κ1) is 13.1. The van der Waals surface area contributed by atoms with Gasteiger partial charge in [-0.3, -0.25) is 0 Å². The molecule has 0 saturated carbocycles. The van der Waals surface area contributed by atoms with Gasteiger partial charge in [-0.05, 0) is 27.2 Å². The van der Waals surface area contributed by atoms with Gasteiger partial charge in [-0.25, -0.2) is 0 Å². The molecule has 0 aromatic carbocycles. The van der Waals surface area contributed by atoms with E-state index in [1.165, 1.54) is 11.1 Å². The van der Waals surface area contributed by atoms with Gasteiger partial charge in [-0.1, -0.05) is 44.1 Å². The van der Waals surface area contributed by atoms with Crippen molar-refractivity contribution in [3.05, 3.63) is 23.3 Å². The van der Waals surface area contributed by atoms with Crippen molar-refractivity contribution in [2.75, 3.05) is 0 Å². The maximum atomic E-state index is 2.18. The van der Waals surface area contributed by atoms with Crippen molar-refractivity contribution >= 4 is 0 Å². The van der Waals surface area contributed by atoms with E-state index in [-0.39, 0.29) is 0 Å². The van der Waals surface area contributed by atoms with Crippen LogP contribution in [0.15, 0.2) is 23.3 Å². The van der Waals surface area contributed by atoms with Crippen molar-refractivity contribution in [3.8, 4) is 0 Å². The summed E-state index contributed by atoms with van der Waals surface area (Å²) in [5, 5.41) is 0. The van der Waals surface area contributed by atoms with Crippen LogP contribution in [-0.4, -0.2) is 0 Å². The lowest BCUT2D eigenvalue weighted by Gasteiger charge is -1.97. The molecule has 0 heteroatoms. The van der Waals surface area contributed by atoms with E-state index in [4.69, 9.17) is 0 Å². The lowest BCUT2D eigenvalue weighted by molar-refractivity contribution is 1.07. The standard InChI is InChI=1S/C9H16.C2H6/c1-5-7-9(4)8(3)6-2;1-2/h5,7H,6H2,1-4H3;1-2H3/b7-5-,9-8+;. The second kappa shape index (κ2) is 9.48. The van der Waals surface area contributed by atoms with Crippen molar-refractivity contribution in [3.63, 3.8) is 0 Å². The highest BCUT2D eigenvalue weighted by Gasteiger charge is 1.86. The van der Waals surface area contributed by atoms with Crippen molar-refractivity contribution in [2.45, 2.75) is 48.0 Å². The fraction of sp³-hybridized carbons (Fsp3) is 0.636. The lowest BCUT2D eigenvalue weighted by atomic mass is 10.1. The number of allylic oxidation sites excluding steroid dienone is 4. The molecule has 0 radical (unpaired) electrons. The van der Waals surface area contributed by atoms with E-state index >= 15 is 0 Å². The van der Waals surface area contributed by atoms with Crippen LogP contribution in [0.2, 0.25) is 0 Å². The normalized spacial score (nSPS) is 12.2. The van der Waals surface area contributed by atoms with Gasteiger partial charge in [0.25, 0.3) is 0 Å². The van der Waals surface area contributed by atoms with Crippen LogP contribution in [0, 0.1) is 0 Å². The highest BCUT2D eigenvalue weighted by Crippen LogP contribution is 2.07. The second-order valence-corrected chi connectivity index (χ2v) is 2.32. The average molecular weight is 154 g/mol. The van der Waals surface area contributed by atoms with E-state index < -0.39 is 0 Å². The minimum absolute atomic E-state index is 1.16. The molecule has 0 N–H and O–H groups in total. The minimum atomic E-state index is 1.16. The summed E-state index contributed by atoms with van der Waals surface area (Å²) < 4.78 is 0. The Hall–Kier alpha value is -0.520. The maximum Gasteiger partial charge on any atom is -0.0346 e. The molecule has 0 fully saturated rings. The van der Waals surface area contributed by atoms with Crippen molar-refractivity contribution < 1.29 is 0 Å². The van der Waals surface area contributed by atoms with Gasteiger partial charge < -0.3 is 0 Å². The number of hydrogen-bond acceptors (Lipinski definition) is 0. The molecular weight excluding hydrogens is 132 g/mol. The highest BCUT2D eigenvalue weighted by atomic mass is 13.9. The van der Waals surface area contributed by atoms with Crippen molar-refractivity contribution in [1.29, 1.82) is 0 Å². The highest BCUT2D eigenvalue weighted by molar-refractivity contribution is 5.21. The van der Waals surface area contributed by atoms with Crippen LogP contribution in [0.25, 0.3) is 0 Å². The molecule has 0 atom stereocenters. The number of rotatable bonds is 2. The molecule has 0 rings (SSSR count). The molecule has 0 aliphatic carbocycles. The fourth-order valence-electron chi connectivity index (χ4n) is 0.671. The molecule has 0 aliphatic heterocycles. The molecule has 0 bridgehead atoms. The molecule has 0 amide bonds. The molecule has 0 heterocycles. The van der Waals surface area contributed by atoms with Gasteiger partial charge in [0, 0.05) is 0 Å². The van der Waals surface area contributed by atoms with E-state index in [1.807, 2.05) is 20.8 Å². The predicted octanol–water partition coefficient (Wildman–Crippen LogP) is 4.34. The third-order valence-electron chi connectivity index (χ3n) is 1.62. The molecule has 0 aliphatic rings. The maximum absolute atomic E-state index is 2.18. The molecule has 0 nitrogen and oxygen atoms in total. The van der Waals surface area contributed by atoms with Crippen LogP contribution >= 0.6 is 0 Å². The number of hydrogen-bond donors (Lipinski definition) is 0. The Morgan fingerprint density at radius 3 is 1.91 bits per heavy atom. The first-order chi connectivity index (χ1) is 5.22. The van der Waals surface area contributed by atoms with Gasteiger partial charge in [0.1, 0.15) is 0 Å². The quantitative estimate of drug-likeness (QED) is 0.519. The van der Waals surface area contributed by atoms with E-state index in [0.29, 0.717) is 0 Å². The summed E-state index contributed by atoms with van der Waals surface area (Å²) in [5.41, 5.74) is 2.88. The molecule has 66 valence electrons. The van der Waals surface area contributed by atoms with E-state index in [2.05, 4.69) is 32.9 Å². The summed E-state index contributed by atoms with van der Waals surface area (Å²) in [6.07, 6.45) is 5.39. The molecule has 11 heavy (non-hydrogen) atoms. The molecular formula is C11H22. The van der Waals surface area contributed by atoms with Crippen molar-refractivity contribution in [1.82, 2.24) is 0 Å². The zero-order valence-corrected chi connectivity index (χ0v) is 8.86. The van der Waals surface area contributed by atoms with Crippen LogP contribution < -0.4 is 0 Å². The van der Waals surface area contributed by atoms with E-state index in [0.717, 1.165) is 6.42 Å². The summed E-state index contributed by atoms with van der Waals surface area (Å²) in [5.74, 6) is 0. The van der Waals surface area contributed by atoms with Gasteiger partial charge in [-0.15, -0.1) is 0 Å². The van der Waals surface area contributed by atoms with Crippen LogP contribution in [0.4, 0.5) is 0 Å². The Kier molecular flexibility index (Phi) is 11.3. The first-order valence-corrected chi connectivity index (χ1v) is 4.51. The first-order valence-electron chi connectivity index (χ1n) is 4.51. The SMILES string of the molecule is C/C=C\C(C)=C(/C)CC.CC. The molecule has 0 unspecified atom stereocenters. The van der Waals surface area contributed by atoms with Crippen LogP contribution in [0.5, 0.6) is 0 Å². The molecule has 0 saturated heterocycles. The van der Waals surface area contributed by atoms with E-state index in [9.17, 15) is 0 Å². The zero-order chi connectivity index (χ0) is 9.28. The largest absolute Gasteiger partial charge is 0.0874 e. The minimum Gasteiger partial charge on any atom is -0.0874 e. The molecule has 0 aromatic rings. The monoisotopic (exact) mass is 154 g/mol. The summed E-state index contributed by atoms with van der Waals surface area (Å²) in [6, 6.07) is 0. The topological polar surface area (TPSA) is 0 Å². The van der Waals surface area contributed by atoms with Gasteiger partial charge in [0.05, 0.1) is 0 Å². The fourth-order valence-corrected chi connectivity index (χ4v) is 0.671. The Morgan fingerprint density at radius 1 is 1.18 bits per heavy atom. The van der Waals surface area contributed by atoms with Gasteiger partial charge in [0.2, 0.25) is 0 Å². The Balaban J connectivity index is 0. The average Bonchev–Trinajstić information content (AvgIpc) is 2.07. The summed E-state index contributed by atoms with van der Waals surface area (Å²) in [7, 11) is 0. The van der Waals surface area contributed by atoms with Crippen LogP contribution in [0.3, 0.4) is 0 Å². The Labute approximate surface area is 72.0 Å². The summed E-state index contributed by atoms with van der Waals surface area (Å²) in [6.45, 7) is 12.6. The van der Waals surface area contributed by atoms with Crippen LogP contribution in [0.1, 0.15) is 48.0 Å². The third kappa shape index (κ3) is 7.38. The van der Waals surface area contributed by atoms with Gasteiger partial charge in [0.15, 0.2) is 0 Å². The van der Waals surface area contributed by atoms with Crippen molar-refractivity contribution in [2.24, 2.45) is 0 Å². The summed E-state index contributed by atoms with van der Waals surface area (Å²) >= 11 is 0. The second-order valence-electron chi connectivity index (χ2n) is 2.32. The van der Waals surface area contributed by atoms with Gasteiger partial charge in [-0.2, -0.15) is 0 Å². The van der Waals surface area contributed by atoms with Gasteiger partial charge >= 0.3 is 0 Å². The molecule has 0 spiro atoms. The zero-order valence-electron chi connectivity index (χ0n) is 8.86. The molecule has 0 aromatic heterocycles. The lowest BCUT2D eigenvalue weighted by Crippen LogP contribution is -1.76. The van der Waals surface area contributed by atoms with Crippen LogP contribution in [-0.2, 0) is 0 Å². The predicted molar refractivity (Wildman–Crippen MR) is 54.8 cm³/mol. The Morgan fingerprint density at radius 2 is 1.64 bits per heavy atom. The summed E-state index contributed by atoms with van der Waals surface area (Å²) in [4.78, 5) is 0. The third-order valence-corrected chi connectivity index (χ3v) is 1.62.